The lowest BCUT2D eigenvalue weighted by molar-refractivity contribution is -0.129. The predicted molar refractivity (Wildman–Crippen MR) is 89.5 cm³/mol. The van der Waals surface area contributed by atoms with Gasteiger partial charge in [-0.1, -0.05) is 5.16 Å². The molecule has 1 aliphatic rings. The van der Waals surface area contributed by atoms with Crippen LogP contribution in [0.2, 0.25) is 0 Å². The molecule has 1 aliphatic heterocycles. The topological polar surface area (TPSA) is 72.1 Å². The van der Waals surface area contributed by atoms with Gasteiger partial charge >= 0.3 is 0 Å². The van der Waals surface area contributed by atoms with Crippen LogP contribution in [-0.4, -0.2) is 39.0 Å². The van der Waals surface area contributed by atoms with E-state index >= 15 is 0 Å². The van der Waals surface area contributed by atoms with Crippen molar-refractivity contribution < 1.29 is 9.32 Å². The third-order valence-corrected chi connectivity index (χ3v) is 4.94. The molecule has 0 bridgehead atoms. The fourth-order valence-corrected chi connectivity index (χ4v) is 3.56. The molecule has 7 heteroatoms. The predicted octanol–water partition coefficient (Wildman–Crippen LogP) is 2.75. The molecule has 24 heavy (non-hydrogen) atoms. The highest BCUT2D eigenvalue weighted by Gasteiger charge is 2.31. The van der Waals surface area contributed by atoms with Gasteiger partial charge in [0.2, 0.25) is 17.6 Å². The summed E-state index contributed by atoms with van der Waals surface area (Å²) in [6.07, 6.45) is 4.72. The van der Waals surface area contributed by atoms with E-state index in [0.29, 0.717) is 24.7 Å². The van der Waals surface area contributed by atoms with E-state index in [2.05, 4.69) is 15.1 Å². The van der Waals surface area contributed by atoms with E-state index in [4.69, 9.17) is 4.52 Å². The molecular formula is C17H16N4O2S. The van der Waals surface area contributed by atoms with Crippen LogP contribution in [0.3, 0.4) is 0 Å². The zero-order chi connectivity index (χ0) is 16.4. The number of hydrogen-bond donors (Lipinski definition) is 0. The Morgan fingerprint density at radius 2 is 2.21 bits per heavy atom. The quantitative estimate of drug-likeness (QED) is 0.730. The first kappa shape index (κ1) is 15.0. The number of pyridine rings is 1. The number of thiophene rings is 1. The van der Waals surface area contributed by atoms with Crippen molar-refractivity contribution in [3.63, 3.8) is 0 Å². The Labute approximate surface area is 143 Å². The fourth-order valence-electron chi connectivity index (χ4n) is 2.89. The summed E-state index contributed by atoms with van der Waals surface area (Å²) in [7, 11) is 0. The van der Waals surface area contributed by atoms with Crippen LogP contribution in [0, 0.1) is 0 Å². The zero-order valence-electron chi connectivity index (χ0n) is 13.0. The molecule has 1 unspecified atom stereocenters. The molecule has 1 saturated heterocycles. The van der Waals surface area contributed by atoms with E-state index in [1.807, 2.05) is 33.9 Å². The minimum absolute atomic E-state index is 0.111. The lowest BCUT2D eigenvalue weighted by Gasteiger charge is -2.15. The maximum Gasteiger partial charge on any atom is 0.231 e. The van der Waals surface area contributed by atoms with E-state index in [0.717, 1.165) is 24.1 Å². The van der Waals surface area contributed by atoms with Crippen molar-refractivity contribution in [2.45, 2.75) is 18.8 Å². The number of carbonyl (C=O) groups is 1. The van der Waals surface area contributed by atoms with E-state index in [9.17, 15) is 4.79 Å². The average Bonchev–Trinajstić information content (AvgIpc) is 3.36. The number of carbonyl (C=O) groups excluding carboxylic acids is 1. The summed E-state index contributed by atoms with van der Waals surface area (Å²) in [6.45, 7) is 1.38. The van der Waals surface area contributed by atoms with Crippen LogP contribution in [-0.2, 0) is 11.2 Å². The van der Waals surface area contributed by atoms with Crippen LogP contribution in [0.4, 0.5) is 0 Å². The second-order valence-corrected chi connectivity index (χ2v) is 6.61. The van der Waals surface area contributed by atoms with Gasteiger partial charge in [0.25, 0.3) is 0 Å². The molecule has 4 heterocycles. The van der Waals surface area contributed by atoms with Crippen LogP contribution in [0.25, 0.3) is 11.4 Å². The van der Waals surface area contributed by atoms with Crippen LogP contribution < -0.4 is 0 Å². The fraction of sp³-hybridized carbons (Fsp3) is 0.294. The largest absolute Gasteiger partial charge is 0.342 e. The summed E-state index contributed by atoms with van der Waals surface area (Å²) in [4.78, 5) is 22.7. The van der Waals surface area contributed by atoms with Gasteiger partial charge in [-0.3, -0.25) is 9.78 Å². The molecule has 0 aliphatic carbocycles. The maximum atomic E-state index is 12.4. The minimum Gasteiger partial charge on any atom is -0.342 e. The molecule has 1 amide bonds. The molecule has 3 aromatic rings. The van der Waals surface area contributed by atoms with Gasteiger partial charge in [0.1, 0.15) is 0 Å². The van der Waals surface area contributed by atoms with Gasteiger partial charge in [0.15, 0.2) is 0 Å². The third kappa shape index (κ3) is 3.07. The molecule has 0 spiro atoms. The lowest BCUT2D eigenvalue weighted by Crippen LogP contribution is -2.29. The highest BCUT2D eigenvalue weighted by Crippen LogP contribution is 2.28. The van der Waals surface area contributed by atoms with E-state index in [1.165, 1.54) is 0 Å². The molecule has 0 N–H and O–H groups in total. The molecule has 0 radical (unpaired) electrons. The smallest absolute Gasteiger partial charge is 0.231 e. The summed E-state index contributed by atoms with van der Waals surface area (Å²) < 4.78 is 5.42. The van der Waals surface area contributed by atoms with Crippen molar-refractivity contribution in [2.75, 3.05) is 13.1 Å². The van der Waals surface area contributed by atoms with Crippen molar-refractivity contribution >= 4 is 17.2 Å². The second-order valence-electron chi connectivity index (χ2n) is 5.83. The molecule has 0 saturated carbocycles. The van der Waals surface area contributed by atoms with Crippen LogP contribution in [0.15, 0.2) is 45.9 Å². The first-order valence-electron chi connectivity index (χ1n) is 7.82. The minimum atomic E-state index is 0.111. The number of amides is 1. The molecule has 4 rings (SSSR count). The average molecular weight is 340 g/mol. The molecule has 1 fully saturated rings. The van der Waals surface area contributed by atoms with Crippen molar-refractivity contribution in [3.8, 4) is 11.4 Å². The zero-order valence-corrected chi connectivity index (χ0v) is 13.8. The lowest BCUT2D eigenvalue weighted by atomic mass is 10.1. The summed E-state index contributed by atoms with van der Waals surface area (Å²) in [6, 6.07) is 5.69. The van der Waals surface area contributed by atoms with Crippen LogP contribution >= 0.6 is 11.3 Å². The highest BCUT2D eigenvalue weighted by molar-refractivity contribution is 7.08. The van der Waals surface area contributed by atoms with Crippen LogP contribution in [0.5, 0.6) is 0 Å². The van der Waals surface area contributed by atoms with Gasteiger partial charge in [0, 0.05) is 31.0 Å². The van der Waals surface area contributed by atoms with Crippen molar-refractivity contribution in [3.05, 3.63) is 52.8 Å². The molecule has 122 valence electrons. The van der Waals surface area contributed by atoms with Gasteiger partial charge in [0.05, 0.1) is 12.3 Å². The number of hydrogen-bond acceptors (Lipinski definition) is 6. The Morgan fingerprint density at radius 3 is 3.00 bits per heavy atom. The first-order valence-corrected chi connectivity index (χ1v) is 8.77. The van der Waals surface area contributed by atoms with Crippen LogP contribution in [0.1, 0.15) is 23.8 Å². The Bertz CT molecular complexity index is 816. The Morgan fingerprint density at radius 1 is 1.33 bits per heavy atom. The maximum absolute atomic E-state index is 12.4. The molecule has 3 aromatic heterocycles. The van der Waals surface area contributed by atoms with Gasteiger partial charge < -0.3 is 9.42 Å². The highest BCUT2D eigenvalue weighted by atomic mass is 32.1. The molecule has 0 aromatic carbocycles. The van der Waals surface area contributed by atoms with Gasteiger partial charge in [-0.25, -0.2) is 0 Å². The Balaban J connectivity index is 1.42. The normalized spacial score (nSPS) is 17.3. The second kappa shape index (κ2) is 6.52. The summed E-state index contributed by atoms with van der Waals surface area (Å²) in [5, 5.41) is 8.06. The van der Waals surface area contributed by atoms with Gasteiger partial charge in [-0.2, -0.15) is 16.3 Å². The first-order chi connectivity index (χ1) is 11.8. The van der Waals surface area contributed by atoms with Gasteiger partial charge in [-0.15, -0.1) is 0 Å². The Hall–Kier alpha value is -2.54. The SMILES string of the molecule is O=C(Cc1ccsc1)N1CCC(c2nc(-c3ccncc3)no2)C1. The third-order valence-electron chi connectivity index (χ3n) is 4.21. The number of nitrogens with zero attached hydrogens (tertiary/aromatic N) is 4. The van der Waals surface area contributed by atoms with Crippen molar-refractivity contribution in [1.29, 1.82) is 0 Å². The van der Waals surface area contributed by atoms with E-state index < -0.39 is 0 Å². The van der Waals surface area contributed by atoms with Crippen molar-refractivity contribution in [1.82, 2.24) is 20.0 Å². The summed E-state index contributed by atoms with van der Waals surface area (Å²) in [5.74, 6) is 1.44. The Kier molecular flexibility index (Phi) is 4.08. The molecular weight excluding hydrogens is 324 g/mol. The number of rotatable bonds is 4. The number of aromatic nitrogens is 3. The number of likely N-dealkylation sites (tertiary alicyclic amines) is 1. The molecule has 1 atom stereocenters. The monoisotopic (exact) mass is 340 g/mol. The summed E-state index contributed by atoms with van der Waals surface area (Å²) >= 11 is 1.61. The van der Waals surface area contributed by atoms with Crippen molar-refractivity contribution in [2.24, 2.45) is 0 Å². The van der Waals surface area contributed by atoms with E-state index in [1.54, 1.807) is 23.7 Å². The summed E-state index contributed by atoms with van der Waals surface area (Å²) in [5.41, 5.74) is 1.95. The molecule has 6 nitrogen and oxygen atoms in total. The van der Waals surface area contributed by atoms with E-state index in [-0.39, 0.29) is 11.8 Å². The standard InChI is InChI=1S/C17H16N4O2S/c22-15(9-12-4-8-24-11-12)21-7-3-14(10-21)17-19-16(20-23-17)13-1-5-18-6-2-13/h1-2,4-6,8,11,14H,3,7,9-10H2. The van der Waals surface area contributed by atoms with Gasteiger partial charge in [-0.05, 0) is 40.9 Å².